The van der Waals surface area contributed by atoms with Gasteiger partial charge in [-0.1, -0.05) is 18.2 Å². The standard InChI is InChI=1S/C13H14N2OS2/c1-3-16-13(17)18-12-14-8-9-15(12)11-7-5-4-6-10(11)2/h4-9H,3H2,1-2H3. The molecular weight excluding hydrogens is 264 g/mol. The molecule has 0 aliphatic rings. The van der Waals surface area contributed by atoms with Gasteiger partial charge in [0.05, 0.1) is 12.3 Å². The van der Waals surface area contributed by atoms with Crippen molar-refractivity contribution in [2.24, 2.45) is 0 Å². The minimum atomic E-state index is 0.499. The van der Waals surface area contributed by atoms with E-state index in [1.807, 2.05) is 29.8 Å². The first kappa shape index (κ1) is 13.1. The largest absolute Gasteiger partial charge is 0.479 e. The van der Waals surface area contributed by atoms with Crippen molar-refractivity contribution in [3.63, 3.8) is 0 Å². The number of rotatable bonds is 3. The van der Waals surface area contributed by atoms with Crippen LogP contribution in [0, 0.1) is 6.92 Å². The van der Waals surface area contributed by atoms with E-state index in [0.29, 0.717) is 11.0 Å². The van der Waals surface area contributed by atoms with Gasteiger partial charge in [0.2, 0.25) is 4.38 Å². The molecule has 5 heteroatoms. The van der Waals surface area contributed by atoms with Gasteiger partial charge < -0.3 is 4.74 Å². The number of aryl methyl sites for hydroxylation is 1. The first-order valence-electron chi connectivity index (χ1n) is 5.66. The summed E-state index contributed by atoms with van der Waals surface area (Å²) in [5.41, 5.74) is 2.30. The molecule has 0 bridgehead atoms. The first-order chi connectivity index (χ1) is 8.72. The van der Waals surface area contributed by atoms with Crippen LogP contribution in [0.15, 0.2) is 41.8 Å². The topological polar surface area (TPSA) is 27.1 Å². The van der Waals surface area contributed by atoms with Crippen LogP contribution >= 0.6 is 24.0 Å². The van der Waals surface area contributed by atoms with E-state index in [1.54, 1.807) is 6.20 Å². The molecule has 2 aromatic rings. The Balaban J connectivity index is 2.28. The summed E-state index contributed by atoms with van der Waals surface area (Å²) >= 11 is 6.50. The van der Waals surface area contributed by atoms with Gasteiger partial charge in [0.25, 0.3) is 0 Å². The smallest absolute Gasteiger partial charge is 0.227 e. The summed E-state index contributed by atoms with van der Waals surface area (Å²) in [5.74, 6) is 0. The number of benzene rings is 1. The highest BCUT2D eigenvalue weighted by Crippen LogP contribution is 2.23. The highest BCUT2D eigenvalue weighted by atomic mass is 32.2. The third kappa shape index (κ3) is 2.91. The zero-order valence-corrected chi connectivity index (χ0v) is 11.9. The zero-order valence-electron chi connectivity index (χ0n) is 10.3. The number of hydrogen-bond acceptors (Lipinski definition) is 4. The van der Waals surface area contributed by atoms with Crippen molar-refractivity contribution in [3.05, 3.63) is 42.2 Å². The van der Waals surface area contributed by atoms with E-state index in [9.17, 15) is 0 Å². The molecule has 0 fully saturated rings. The maximum absolute atomic E-state index is 5.28. The Morgan fingerprint density at radius 2 is 2.22 bits per heavy atom. The molecule has 18 heavy (non-hydrogen) atoms. The summed E-state index contributed by atoms with van der Waals surface area (Å²) in [6, 6.07) is 8.17. The Morgan fingerprint density at radius 1 is 1.44 bits per heavy atom. The molecule has 2 rings (SSSR count). The number of ether oxygens (including phenoxy) is 1. The fraction of sp³-hybridized carbons (Fsp3) is 0.231. The second-order valence-corrected chi connectivity index (χ2v) is 5.22. The Kier molecular flexibility index (Phi) is 4.38. The molecule has 0 N–H and O–H groups in total. The average molecular weight is 278 g/mol. The fourth-order valence-corrected chi connectivity index (χ4v) is 2.64. The molecule has 0 spiro atoms. The van der Waals surface area contributed by atoms with E-state index in [2.05, 4.69) is 24.0 Å². The Bertz CT molecular complexity index is 551. The molecule has 0 aliphatic heterocycles. The SMILES string of the molecule is CCOC(=S)Sc1nccn1-c1ccccc1C. The van der Waals surface area contributed by atoms with Crippen LogP contribution in [0.2, 0.25) is 0 Å². The summed E-state index contributed by atoms with van der Waals surface area (Å²) in [6.45, 7) is 4.57. The van der Waals surface area contributed by atoms with E-state index in [4.69, 9.17) is 17.0 Å². The van der Waals surface area contributed by atoms with Gasteiger partial charge in [-0.3, -0.25) is 4.57 Å². The van der Waals surface area contributed by atoms with Crippen molar-refractivity contribution in [2.45, 2.75) is 19.0 Å². The Labute approximate surface area is 116 Å². The van der Waals surface area contributed by atoms with Crippen LogP contribution in [-0.2, 0) is 4.74 Å². The lowest BCUT2D eigenvalue weighted by Crippen LogP contribution is -2.01. The van der Waals surface area contributed by atoms with Gasteiger partial charge in [-0.25, -0.2) is 4.98 Å². The van der Waals surface area contributed by atoms with Crippen molar-refractivity contribution in [3.8, 4) is 5.69 Å². The molecule has 1 heterocycles. The predicted octanol–water partition coefficient (Wildman–Crippen LogP) is 3.59. The Morgan fingerprint density at radius 3 is 2.94 bits per heavy atom. The molecule has 3 nitrogen and oxygen atoms in total. The maximum atomic E-state index is 5.28. The van der Waals surface area contributed by atoms with Crippen LogP contribution < -0.4 is 0 Å². The van der Waals surface area contributed by atoms with Crippen molar-refractivity contribution < 1.29 is 4.74 Å². The monoisotopic (exact) mass is 278 g/mol. The molecule has 0 atom stereocenters. The number of para-hydroxylation sites is 1. The van der Waals surface area contributed by atoms with Crippen molar-refractivity contribution >= 4 is 28.4 Å². The molecule has 1 aromatic carbocycles. The minimum absolute atomic E-state index is 0.499. The van der Waals surface area contributed by atoms with Gasteiger partial charge in [0.15, 0.2) is 5.16 Å². The average Bonchev–Trinajstić information content (AvgIpc) is 2.78. The van der Waals surface area contributed by atoms with E-state index in [1.165, 1.54) is 17.3 Å². The number of imidazole rings is 1. The second kappa shape index (κ2) is 6.02. The van der Waals surface area contributed by atoms with E-state index >= 15 is 0 Å². The summed E-state index contributed by atoms with van der Waals surface area (Å²) in [6.07, 6.45) is 3.70. The molecule has 0 saturated heterocycles. The number of nitrogens with zero attached hydrogens (tertiary/aromatic N) is 2. The molecular formula is C13H14N2OS2. The summed E-state index contributed by atoms with van der Waals surface area (Å²) in [4.78, 5) is 4.31. The number of aromatic nitrogens is 2. The molecule has 0 radical (unpaired) electrons. The number of hydrogen-bond donors (Lipinski definition) is 0. The van der Waals surface area contributed by atoms with Crippen LogP contribution in [0.4, 0.5) is 0 Å². The van der Waals surface area contributed by atoms with Gasteiger partial charge in [0, 0.05) is 12.4 Å². The van der Waals surface area contributed by atoms with Crippen LogP contribution in [0.3, 0.4) is 0 Å². The Hall–Kier alpha value is -1.33. The van der Waals surface area contributed by atoms with E-state index < -0.39 is 0 Å². The fourth-order valence-electron chi connectivity index (χ4n) is 1.60. The highest BCUT2D eigenvalue weighted by molar-refractivity contribution is 8.22. The van der Waals surface area contributed by atoms with E-state index in [-0.39, 0.29) is 0 Å². The molecule has 94 valence electrons. The molecule has 0 saturated carbocycles. The summed E-state index contributed by atoms with van der Waals surface area (Å²) in [5, 5.41) is 0.822. The molecule has 0 unspecified atom stereocenters. The van der Waals surface area contributed by atoms with E-state index in [0.717, 1.165) is 10.8 Å². The summed E-state index contributed by atoms with van der Waals surface area (Å²) in [7, 11) is 0. The molecule has 0 aliphatic carbocycles. The lowest BCUT2D eigenvalue weighted by Gasteiger charge is -2.10. The van der Waals surface area contributed by atoms with Crippen LogP contribution in [0.1, 0.15) is 12.5 Å². The zero-order chi connectivity index (χ0) is 13.0. The van der Waals surface area contributed by atoms with Gasteiger partial charge in [0.1, 0.15) is 0 Å². The lowest BCUT2D eigenvalue weighted by atomic mass is 10.2. The third-order valence-corrected chi connectivity index (χ3v) is 3.56. The van der Waals surface area contributed by atoms with Crippen molar-refractivity contribution in [2.75, 3.05) is 6.61 Å². The second-order valence-electron chi connectivity index (χ2n) is 3.65. The predicted molar refractivity (Wildman–Crippen MR) is 78.4 cm³/mol. The first-order valence-corrected chi connectivity index (χ1v) is 6.88. The molecule has 0 amide bonds. The van der Waals surface area contributed by atoms with Crippen molar-refractivity contribution in [1.82, 2.24) is 9.55 Å². The quantitative estimate of drug-likeness (QED) is 0.633. The summed E-state index contributed by atoms with van der Waals surface area (Å²) < 4.78 is 7.80. The number of thioether (sulfide) groups is 1. The minimum Gasteiger partial charge on any atom is -0.479 e. The normalized spacial score (nSPS) is 10.3. The van der Waals surface area contributed by atoms with Gasteiger partial charge >= 0.3 is 0 Å². The lowest BCUT2D eigenvalue weighted by molar-refractivity contribution is 0.346. The van der Waals surface area contributed by atoms with Crippen LogP contribution in [-0.4, -0.2) is 20.5 Å². The van der Waals surface area contributed by atoms with Crippen molar-refractivity contribution in [1.29, 1.82) is 0 Å². The van der Waals surface area contributed by atoms with Gasteiger partial charge in [-0.15, -0.1) is 0 Å². The van der Waals surface area contributed by atoms with Crippen LogP contribution in [0.5, 0.6) is 0 Å². The third-order valence-electron chi connectivity index (χ3n) is 2.42. The molecule has 1 aromatic heterocycles. The number of thiocarbonyl (C=S) groups is 1. The van der Waals surface area contributed by atoms with Crippen LogP contribution in [0.25, 0.3) is 5.69 Å². The van der Waals surface area contributed by atoms with Gasteiger partial charge in [-0.2, -0.15) is 0 Å². The highest BCUT2D eigenvalue weighted by Gasteiger charge is 2.10. The van der Waals surface area contributed by atoms with Gasteiger partial charge in [-0.05, 0) is 49.5 Å². The maximum Gasteiger partial charge on any atom is 0.227 e.